The van der Waals surface area contributed by atoms with E-state index in [1.807, 2.05) is 17.4 Å². The van der Waals surface area contributed by atoms with Gasteiger partial charge in [0.2, 0.25) is 0 Å². The van der Waals surface area contributed by atoms with Crippen LogP contribution in [0.3, 0.4) is 0 Å². The highest BCUT2D eigenvalue weighted by atomic mass is 32.1. The molecule has 11 aromatic carbocycles. The lowest BCUT2D eigenvalue weighted by atomic mass is 9.80. The topological polar surface area (TPSA) is 13.1 Å². The van der Waals surface area contributed by atoms with Gasteiger partial charge in [0, 0.05) is 36.4 Å². The highest BCUT2D eigenvalue weighted by Gasteiger charge is 2.36. The van der Waals surface area contributed by atoms with Crippen LogP contribution in [-0.2, 0) is 5.41 Å². The van der Waals surface area contributed by atoms with Gasteiger partial charge in [-0.3, -0.25) is 0 Å². The van der Waals surface area contributed by atoms with Gasteiger partial charge in [-0.2, -0.15) is 0 Å². The zero-order valence-electron chi connectivity index (χ0n) is 34.8. The molecule has 63 heavy (non-hydrogen) atoms. The zero-order valence-corrected chi connectivity index (χ0v) is 35.6. The molecule has 0 fully saturated rings. The van der Waals surface area contributed by atoms with Crippen LogP contribution in [0.5, 0.6) is 0 Å². The quantitative estimate of drug-likeness (QED) is 0.162. The summed E-state index contributed by atoms with van der Waals surface area (Å²) in [4.78, 5) is 0. The molecule has 13 aromatic rings. The molecular formula is C61H38OS. The first-order chi connectivity index (χ1) is 31.0. The third kappa shape index (κ3) is 4.99. The summed E-state index contributed by atoms with van der Waals surface area (Å²) >= 11 is 1.87. The molecule has 0 amide bonds. The van der Waals surface area contributed by atoms with Crippen molar-refractivity contribution in [3.8, 4) is 44.5 Å². The van der Waals surface area contributed by atoms with Crippen molar-refractivity contribution in [1.29, 1.82) is 0 Å². The number of fused-ring (bicyclic) bond motifs is 13. The molecule has 2 aromatic heterocycles. The maximum absolute atomic E-state index is 6.25. The van der Waals surface area contributed by atoms with Crippen molar-refractivity contribution in [3.05, 3.63) is 205 Å². The van der Waals surface area contributed by atoms with Crippen molar-refractivity contribution in [2.75, 3.05) is 0 Å². The van der Waals surface area contributed by atoms with Gasteiger partial charge in [-0.05, 0) is 153 Å². The third-order valence-corrected chi connectivity index (χ3v) is 15.3. The van der Waals surface area contributed by atoms with Gasteiger partial charge in [0.1, 0.15) is 11.2 Å². The molecule has 0 N–H and O–H groups in total. The van der Waals surface area contributed by atoms with E-state index in [2.05, 4.69) is 202 Å². The molecule has 1 aliphatic carbocycles. The maximum atomic E-state index is 6.25. The predicted octanol–water partition coefficient (Wildman–Crippen LogP) is 17.9. The van der Waals surface area contributed by atoms with Crippen LogP contribution < -0.4 is 0 Å². The van der Waals surface area contributed by atoms with Crippen molar-refractivity contribution in [2.24, 2.45) is 0 Å². The molecular weight excluding hydrogens is 781 g/mol. The van der Waals surface area contributed by atoms with Crippen molar-refractivity contribution in [3.63, 3.8) is 0 Å². The summed E-state index contributed by atoms with van der Waals surface area (Å²) in [5.41, 5.74) is 14.7. The number of rotatable bonds is 3. The van der Waals surface area contributed by atoms with E-state index in [1.54, 1.807) is 0 Å². The summed E-state index contributed by atoms with van der Waals surface area (Å²) < 4.78 is 8.86. The average molecular weight is 819 g/mol. The molecule has 0 spiro atoms. The SMILES string of the molecule is CC1(C)c2cc(-c3ccc4sc5cc6cc7oc8ccccc8c7cc6cc5c4c3)ccc2-c2ccc(-c3c4ccccc4c(-c4cccc5ccccc45)c4ccccc34)cc21. The van der Waals surface area contributed by atoms with Crippen LogP contribution in [0.15, 0.2) is 199 Å². The van der Waals surface area contributed by atoms with Gasteiger partial charge in [-0.15, -0.1) is 11.3 Å². The fraction of sp³-hybridized carbons (Fsp3) is 0.0492. The molecule has 1 aliphatic rings. The highest BCUT2D eigenvalue weighted by molar-refractivity contribution is 7.25. The van der Waals surface area contributed by atoms with E-state index in [0.717, 1.165) is 11.2 Å². The normalized spacial score (nSPS) is 13.4. The van der Waals surface area contributed by atoms with Crippen LogP contribution in [0.2, 0.25) is 0 Å². The minimum absolute atomic E-state index is 0.189. The Morgan fingerprint density at radius 2 is 0.889 bits per heavy atom. The summed E-state index contributed by atoms with van der Waals surface area (Å²) in [6.07, 6.45) is 0. The lowest BCUT2D eigenvalue weighted by Crippen LogP contribution is -2.15. The average Bonchev–Trinajstić information content (AvgIpc) is 3.94. The Hall–Kier alpha value is -7.52. The third-order valence-electron chi connectivity index (χ3n) is 14.2. The van der Waals surface area contributed by atoms with Crippen LogP contribution in [-0.4, -0.2) is 0 Å². The van der Waals surface area contributed by atoms with Crippen molar-refractivity contribution in [1.82, 2.24) is 0 Å². The molecule has 294 valence electrons. The van der Waals surface area contributed by atoms with E-state index in [4.69, 9.17) is 4.42 Å². The van der Waals surface area contributed by atoms with Crippen LogP contribution in [0.25, 0.3) is 130 Å². The van der Waals surface area contributed by atoms with Crippen molar-refractivity contribution in [2.45, 2.75) is 19.3 Å². The fourth-order valence-electron chi connectivity index (χ4n) is 11.2. The van der Waals surface area contributed by atoms with Crippen LogP contribution in [0, 0.1) is 0 Å². The molecule has 0 bridgehead atoms. The Labute approximate surface area is 368 Å². The fourth-order valence-corrected chi connectivity index (χ4v) is 12.3. The molecule has 0 saturated heterocycles. The Kier molecular flexibility index (Phi) is 7.12. The largest absolute Gasteiger partial charge is 0.456 e. The number of benzene rings is 11. The Morgan fingerprint density at radius 1 is 0.333 bits per heavy atom. The minimum Gasteiger partial charge on any atom is -0.456 e. The second kappa shape index (κ2) is 12.8. The number of para-hydroxylation sites is 1. The Morgan fingerprint density at radius 3 is 1.65 bits per heavy atom. The molecule has 1 nitrogen and oxygen atoms in total. The summed E-state index contributed by atoms with van der Waals surface area (Å²) in [6.45, 7) is 4.82. The van der Waals surface area contributed by atoms with E-state index >= 15 is 0 Å². The number of hydrogen-bond donors (Lipinski definition) is 0. The summed E-state index contributed by atoms with van der Waals surface area (Å²) in [5.74, 6) is 0. The number of thiophene rings is 1. The van der Waals surface area contributed by atoms with E-state index in [9.17, 15) is 0 Å². The molecule has 2 heteroatoms. The molecule has 0 aliphatic heterocycles. The van der Waals surface area contributed by atoms with E-state index < -0.39 is 0 Å². The lowest BCUT2D eigenvalue weighted by Gasteiger charge is -2.23. The Bertz CT molecular complexity index is 4060. The molecule has 0 saturated carbocycles. The smallest absolute Gasteiger partial charge is 0.136 e. The first kappa shape index (κ1) is 35.1. The summed E-state index contributed by atoms with van der Waals surface area (Å²) in [5, 5.41) is 15.1. The summed E-state index contributed by atoms with van der Waals surface area (Å²) in [6, 6.07) is 72.6. The van der Waals surface area contributed by atoms with Gasteiger partial charge >= 0.3 is 0 Å². The second-order valence-electron chi connectivity index (χ2n) is 18.0. The van der Waals surface area contributed by atoms with Gasteiger partial charge in [0.15, 0.2) is 0 Å². The number of furan rings is 1. The monoisotopic (exact) mass is 818 g/mol. The second-order valence-corrected chi connectivity index (χ2v) is 19.1. The minimum atomic E-state index is -0.189. The van der Waals surface area contributed by atoms with E-state index in [1.165, 1.54) is 130 Å². The van der Waals surface area contributed by atoms with Crippen molar-refractivity contribution < 1.29 is 4.42 Å². The number of hydrogen-bond acceptors (Lipinski definition) is 2. The standard InChI is InChI=1S/C61H38OS/c1-61(2)53-31-37(36-24-27-57-51(28-36)52-30-39-29-50-44-15-9-10-21-55(44)62-56(50)33-40(39)34-58(52)63-57)22-25-42(53)43-26-23-38(32-54(43)61)59-46-16-5-7-18-48(46)60(49-19-8-6-17-47(49)59)45-20-11-13-35-12-3-4-14-41(35)45/h3-34H,1-2H3. The molecule has 14 rings (SSSR count). The van der Waals surface area contributed by atoms with Crippen LogP contribution in [0.4, 0.5) is 0 Å². The van der Waals surface area contributed by atoms with Gasteiger partial charge in [-0.1, -0.05) is 153 Å². The van der Waals surface area contributed by atoms with Crippen LogP contribution in [0.1, 0.15) is 25.0 Å². The Balaban J connectivity index is 0.885. The van der Waals surface area contributed by atoms with Crippen LogP contribution >= 0.6 is 11.3 Å². The lowest BCUT2D eigenvalue weighted by molar-refractivity contribution is 0.661. The molecule has 0 radical (unpaired) electrons. The van der Waals surface area contributed by atoms with Gasteiger partial charge < -0.3 is 4.42 Å². The van der Waals surface area contributed by atoms with E-state index in [0.29, 0.717) is 0 Å². The first-order valence-electron chi connectivity index (χ1n) is 21.9. The first-order valence-corrected chi connectivity index (χ1v) is 22.7. The molecule has 0 atom stereocenters. The van der Waals surface area contributed by atoms with E-state index in [-0.39, 0.29) is 5.41 Å². The molecule has 0 unspecified atom stereocenters. The highest BCUT2D eigenvalue weighted by Crippen LogP contribution is 2.53. The van der Waals surface area contributed by atoms with Gasteiger partial charge in [0.05, 0.1) is 0 Å². The van der Waals surface area contributed by atoms with Gasteiger partial charge in [0.25, 0.3) is 0 Å². The summed E-state index contributed by atoms with van der Waals surface area (Å²) in [7, 11) is 0. The molecule has 2 heterocycles. The van der Waals surface area contributed by atoms with Gasteiger partial charge in [-0.25, -0.2) is 0 Å². The zero-order chi connectivity index (χ0) is 41.6. The predicted molar refractivity (Wildman–Crippen MR) is 271 cm³/mol. The maximum Gasteiger partial charge on any atom is 0.136 e. The van der Waals surface area contributed by atoms with Crippen molar-refractivity contribution >= 4 is 96.5 Å².